The first-order chi connectivity index (χ1) is 18.2. The highest BCUT2D eigenvalue weighted by Gasteiger charge is 2.36. The Hall–Kier alpha value is -2.91. The lowest BCUT2D eigenvalue weighted by molar-refractivity contribution is 0.292. The summed E-state index contributed by atoms with van der Waals surface area (Å²) < 4.78 is 67.3. The molecule has 0 radical (unpaired) electrons. The van der Waals surface area contributed by atoms with Crippen LogP contribution < -0.4 is 18.9 Å². The quantitative estimate of drug-likeness (QED) is 0.415. The normalized spacial score (nSPS) is 16.3. The minimum absolute atomic E-state index is 0.0437. The summed E-state index contributed by atoms with van der Waals surface area (Å²) >= 11 is 0. The Morgan fingerprint density at radius 3 is 2.18 bits per heavy atom. The molecule has 0 saturated heterocycles. The molecular formula is C27H38N2O4. The number of methoxy groups -OCH3 is 4. The maximum Gasteiger partial charge on any atom is 0.161 e. The topological polar surface area (TPSA) is 64.0 Å². The zero-order valence-corrected chi connectivity index (χ0v) is 20.1. The number of likely N-dealkylation sites (N-methyl/N-ethyl adjacent to an activating group) is 1. The first-order valence-corrected chi connectivity index (χ1v) is 11.0. The van der Waals surface area contributed by atoms with Gasteiger partial charge < -0.3 is 23.8 Å². The van der Waals surface area contributed by atoms with E-state index in [0.717, 1.165) is 5.56 Å². The number of rotatable bonds is 13. The maximum absolute atomic E-state index is 10.3. The summed E-state index contributed by atoms with van der Waals surface area (Å²) in [5.41, 5.74) is 0.651. The van der Waals surface area contributed by atoms with Crippen LogP contribution in [0.4, 0.5) is 0 Å². The molecule has 0 spiro atoms. The number of hydrogen-bond acceptors (Lipinski definition) is 6. The SMILES string of the molecule is [2H]C([2H])([2H])Oc1cc(CCN(CCCC(C#N)(c2ccc(OC)c(OC)c2)C(C)C)C([2H])([2H])[2H])ccc1OC. The van der Waals surface area contributed by atoms with Gasteiger partial charge in [0.2, 0.25) is 0 Å². The zero-order chi connectivity index (χ0) is 29.4. The lowest BCUT2D eigenvalue weighted by Gasteiger charge is -2.32. The van der Waals surface area contributed by atoms with E-state index in [1.165, 1.54) is 12.0 Å². The Morgan fingerprint density at radius 1 is 0.939 bits per heavy atom. The van der Waals surface area contributed by atoms with Gasteiger partial charge in [0.15, 0.2) is 23.0 Å². The molecule has 1 atom stereocenters. The fraction of sp³-hybridized carbons (Fsp3) is 0.519. The van der Waals surface area contributed by atoms with Crippen LogP contribution >= 0.6 is 0 Å². The second-order valence-corrected chi connectivity index (χ2v) is 8.24. The summed E-state index contributed by atoms with van der Waals surface area (Å²) in [7, 11) is 1.86. The molecular weight excluding hydrogens is 416 g/mol. The van der Waals surface area contributed by atoms with Crippen molar-refractivity contribution in [1.82, 2.24) is 4.90 Å². The second-order valence-electron chi connectivity index (χ2n) is 8.24. The molecule has 0 heterocycles. The molecule has 2 aromatic rings. The van der Waals surface area contributed by atoms with Crippen LogP contribution in [0, 0.1) is 17.2 Å². The Balaban J connectivity index is 2.20. The van der Waals surface area contributed by atoms with E-state index in [4.69, 9.17) is 27.2 Å². The van der Waals surface area contributed by atoms with Crippen LogP contribution in [0.2, 0.25) is 0 Å². The fourth-order valence-electron chi connectivity index (χ4n) is 4.01. The van der Waals surface area contributed by atoms with Crippen LogP contribution in [0.1, 0.15) is 46.0 Å². The molecule has 0 aliphatic carbocycles. The van der Waals surface area contributed by atoms with Crippen molar-refractivity contribution in [3.63, 3.8) is 0 Å². The molecule has 1 unspecified atom stereocenters. The van der Waals surface area contributed by atoms with E-state index in [1.807, 2.05) is 26.0 Å². The molecule has 0 fully saturated rings. The Labute approximate surface area is 207 Å². The number of nitriles is 1. The van der Waals surface area contributed by atoms with E-state index in [-0.39, 0.29) is 30.5 Å². The number of nitrogens with zero attached hydrogens (tertiary/aromatic N) is 2. The fourth-order valence-corrected chi connectivity index (χ4v) is 4.01. The van der Waals surface area contributed by atoms with Crippen LogP contribution in [0.25, 0.3) is 0 Å². The molecule has 2 aromatic carbocycles. The molecule has 0 aromatic heterocycles. The summed E-state index contributed by atoms with van der Waals surface area (Å²) in [4.78, 5) is 1.40. The third-order valence-corrected chi connectivity index (χ3v) is 6.09. The van der Waals surface area contributed by atoms with Crippen LogP contribution in [-0.4, -0.2) is 53.3 Å². The highest BCUT2D eigenvalue weighted by molar-refractivity contribution is 5.47. The monoisotopic (exact) mass is 460 g/mol. The molecule has 0 aliphatic rings. The van der Waals surface area contributed by atoms with Crippen molar-refractivity contribution in [1.29, 1.82) is 5.26 Å². The Bertz CT molecular complexity index is 1130. The highest BCUT2D eigenvalue weighted by atomic mass is 16.5. The van der Waals surface area contributed by atoms with Gasteiger partial charge in [-0.15, -0.1) is 0 Å². The molecule has 0 aliphatic heterocycles. The first kappa shape index (κ1) is 18.5. The van der Waals surface area contributed by atoms with E-state index in [0.29, 0.717) is 36.3 Å². The van der Waals surface area contributed by atoms with Crippen molar-refractivity contribution in [3.8, 4) is 29.1 Å². The van der Waals surface area contributed by atoms with Gasteiger partial charge in [-0.05, 0) is 74.1 Å². The van der Waals surface area contributed by atoms with Crippen molar-refractivity contribution >= 4 is 0 Å². The molecule has 6 heteroatoms. The smallest absolute Gasteiger partial charge is 0.161 e. The molecule has 33 heavy (non-hydrogen) atoms. The van der Waals surface area contributed by atoms with Crippen LogP contribution in [0.15, 0.2) is 36.4 Å². The van der Waals surface area contributed by atoms with Crippen molar-refractivity contribution in [3.05, 3.63) is 47.5 Å². The van der Waals surface area contributed by atoms with Gasteiger partial charge in [0.25, 0.3) is 0 Å². The van der Waals surface area contributed by atoms with Gasteiger partial charge in [0, 0.05) is 10.7 Å². The lowest BCUT2D eigenvalue weighted by atomic mass is 9.69. The van der Waals surface area contributed by atoms with Gasteiger partial charge >= 0.3 is 0 Å². The van der Waals surface area contributed by atoms with E-state index in [2.05, 4.69) is 6.07 Å². The van der Waals surface area contributed by atoms with Gasteiger partial charge in [-0.2, -0.15) is 5.26 Å². The summed E-state index contributed by atoms with van der Waals surface area (Å²) in [5, 5.41) is 10.3. The maximum atomic E-state index is 10.3. The third kappa shape index (κ3) is 6.33. The predicted molar refractivity (Wildman–Crippen MR) is 132 cm³/mol. The molecule has 0 N–H and O–H groups in total. The van der Waals surface area contributed by atoms with Crippen LogP contribution in [0.5, 0.6) is 23.0 Å². The van der Waals surface area contributed by atoms with E-state index >= 15 is 0 Å². The summed E-state index contributed by atoms with van der Waals surface area (Å²) in [6, 6.07) is 12.8. The lowest BCUT2D eigenvalue weighted by Crippen LogP contribution is -2.32. The predicted octanol–water partition coefficient (Wildman–Crippen LogP) is 5.09. The molecule has 180 valence electrons. The van der Waals surface area contributed by atoms with Gasteiger partial charge in [-0.3, -0.25) is 0 Å². The molecule has 0 saturated carbocycles. The van der Waals surface area contributed by atoms with Crippen molar-refractivity contribution < 1.29 is 27.2 Å². The first-order valence-electron chi connectivity index (χ1n) is 14.0. The van der Waals surface area contributed by atoms with Gasteiger partial charge in [0.05, 0.1) is 44.0 Å². The Morgan fingerprint density at radius 2 is 1.61 bits per heavy atom. The van der Waals surface area contributed by atoms with Gasteiger partial charge in [-0.1, -0.05) is 26.0 Å². The zero-order valence-electron chi connectivity index (χ0n) is 26.1. The van der Waals surface area contributed by atoms with Crippen molar-refractivity contribution in [2.24, 2.45) is 5.92 Å². The molecule has 0 bridgehead atoms. The average molecular weight is 461 g/mol. The highest BCUT2D eigenvalue weighted by Crippen LogP contribution is 2.40. The molecule has 6 nitrogen and oxygen atoms in total. The van der Waals surface area contributed by atoms with E-state index < -0.39 is 19.4 Å². The number of benzene rings is 2. The summed E-state index contributed by atoms with van der Waals surface area (Å²) in [5.74, 6) is 1.40. The summed E-state index contributed by atoms with van der Waals surface area (Å²) in [6.45, 7) is 2.05. The van der Waals surface area contributed by atoms with E-state index in [1.54, 1.807) is 38.5 Å². The van der Waals surface area contributed by atoms with Crippen molar-refractivity contribution in [2.75, 3.05) is 48.4 Å². The average Bonchev–Trinajstić information content (AvgIpc) is 2.86. The second kappa shape index (κ2) is 12.4. The Kier molecular flexibility index (Phi) is 6.93. The molecule has 2 rings (SSSR count). The van der Waals surface area contributed by atoms with E-state index in [9.17, 15) is 5.26 Å². The molecule has 0 amide bonds. The number of ether oxygens (including phenoxy) is 4. The van der Waals surface area contributed by atoms with Crippen molar-refractivity contribution in [2.45, 2.75) is 38.5 Å². The van der Waals surface area contributed by atoms with Gasteiger partial charge in [0.1, 0.15) is 0 Å². The third-order valence-electron chi connectivity index (χ3n) is 6.09. The standard InChI is InChI=1S/C27H38N2O4/c1-20(2)27(19-28,22-10-12-24(31-5)26(18-22)33-7)14-8-15-29(3)16-13-21-9-11-23(30-4)25(17-21)32-6/h9-12,17-18,20H,8,13-16H2,1-7H3/i3D3,6D3. The van der Waals surface area contributed by atoms with Gasteiger partial charge in [-0.25, -0.2) is 0 Å². The largest absolute Gasteiger partial charge is 0.493 e. The van der Waals surface area contributed by atoms with Crippen LogP contribution in [0.3, 0.4) is 0 Å². The summed E-state index contributed by atoms with van der Waals surface area (Å²) in [6.07, 6.45) is 1.26. The number of hydrogen-bond donors (Lipinski definition) is 0. The minimum Gasteiger partial charge on any atom is -0.493 e. The minimum atomic E-state index is -2.64. The van der Waals surface area contributed by atoms with Crippen LogP contribution in [-0.2, 0) is 11.8 Å².